The van der Waals surface area contributed by atoms with Crippen LogP contribution in [0.4, 0.5) is 5.82 Å². The molecule has 3 aromatic heterocycles. The van der Waals surface area contributed by atoms with Gasteiger partial charge in [-0.2, -0.15) is 10.1 Å². The lowest BCUT2D eigenvalue weighted by Gasteiger charge is -2.08. The van der Waals surface area contributed by atoms with E-state index < -0.39 is 0 Å². The highest BCUT2D eigenvalue weighted by atomic mass is 16.5. The summed E-state index contributed by atoms with van der Waals surface area (Å²) in [5, 5.41) is 4.10. The van der Waals surface area contributed by atoms with Gasteiger partial charge in [0.2, 0.25) is 5.88 Å². The van der Waals surface area contributed by atoms with E-state index in [1.807, 2.05) is 20.2 Å². The number of hydrogen-bond donors (Lipinski definition) is 1. The molecule has 0 saturated carbocycles. The summed E-state index contributed by atoms with van der Waals surface area (Å²) in [7, 11) is 1.84. The summed E-state index contributed by atoms with van der Waals surface area (Å²) in [4.78, 5) is 12.7. The zero-order chi connectivity index (χ0) is 14.8. The number of aromatic nitrogens is 5. The predicted molar refractivity (Wildman–Crippen MR) is 77.7 cm³/mol. The lowest BCUT2D eigenvalue weighted by molar-refractivity contribution is 0.456. The molecule has 0 spiro atoms. The second kappa shape index (κ2) is 5.20. The van der Waals surface area contributed by atoms with Gasteiger partial charge in [-0.15, -0.1) is 0 Å². The third-order valence-corrected chi connectivity index (χ3v) is 2.87. The van der Waals surface area contributed by atoms with Crippen LogP contribution in [0.5, 0.6) is 11.6 Å². The number of anilines is 1. The van der Waals surface area contributed by atoms with E-state index >= 15 is 0 Å². The molecule has 0 aliphatic carbocycles. The first-order chi connectivity index (χ1) is 10.1. The predicted octanol–water partition coefficient (Wildman–Crippen LogP) is 1.96. The maximum absolute atomic E-state index is 5.74. The van der Waals surface area contributed by atoms with E-state index in [1.165, 1.54) is 0 Å². The Labute approximate surface area is 121 Å². The van der Waals surface area contributed by atoms with Crippen molar-refractivity contribution in [3.8, 4) is 23.0 Å². The van der Waals surface area contributed by atoms with E-state index in [4.69, 9.17) is 10.5 Å². The molecule has 21 heavy (non-hydrogen) atoms. The SMILES string of the molecule is Cc1nc(N)ccc1Oc1ccnc(-c2cnn(C)c2)n1. The highest BCUT2D eigenvalue weighted by Crippen LogP contribution is 2.24. The van der Waals surface area contributed by atoms with Crippen LogP contribution < -0.4 is 10.5 Å². The van der Waals surface area contributed by atoms with Gasteiger partial charge in [0.15, 0.2) is 11.6 Å². The zero-order valence-corrected chi connectivity index (χ0v) is 11.7. The van der Waals surface area contributed by atoms with Crippen molar-refractivity contribution < 1.29 is 4.74 Å². The van der Waals surface area contributed by atoms with Crippen LogP contribution in [-0.2, 0) is 7.05 Å². The molecule has 0 fully saturated rings. The van der Waals surface area contributed by atoms with E-state index in [0.717, 1.165) is 5.56 Å². The quantitative estimate of drug-likeness (QED) is 0.789. The minimum atomic E-state index is 0.443. The van der Waals surface area contributed by atoms with E-state index in [1.54, 1.807) is 35.3 Å². The first-order valence-corrected chi connectivity index (χ1v) is 6.35. The Hall–Kier alpha value is -2.96. The molecule has 7 heteroatoms. The van der Waals surface area contributed by atoms with Crippen LogP contribution >= 0.6 is 0 Å². The second-order valence-corrected chi connectivity index (χ2v) is 4.54. The molecule has 0 aromatic carbocycles. The fraction of sp³-hybridized carbons (Fsp3) is 0.143. The molecule has 0 saturated heterocycles. The summed E-state index contributed by atoms with van der Waals surface area (Å²) in [6.45, 7) is 1.83. The smallest absolute Gasteiger partial charge is 0.222 e. The van der Waals surface area contributed by atoms with E-state index in [2.05, 4.69) is 20.1 Å². The van der Waals surface area contributed by atoms with E-state index in [0.29, 0.717) is 29.0 Å². The van der Waals surface area contributed by atoms with Crippen LogP contribution in [0.25, 0.3) is 11.4 Å². The number of aryl methyl sites for hydroxylation is 2. The molecule has 106 valence electrons. The van der Waals surface area contributed by atoms with Gasteiger partial charge in [-0.1, -0.05) is 0 Å². The van der Waals surface area contributed by atoms with Crippen LogP contribution in [0, 0.1) is 6.92 Å². The Morgan fingerprint density at radius 2 is 2.05 bits per heavy atom. The number of nitrogen functional groups attached to an aromatic ring is 1. The maximum Gasteiger partial charge on any atom is 0.222 e. The Bertz CT molecular complexity index is 783. The van der Waals surface area contributed by atoms with Crippen LogP contribution in [0.1, 0.15) is 5.69 Å². The van der Waals surface area contributed by atoms with Gasteiger partial charge in [-0.05, 0) is 19.1 Å². The van der Waals surface area contributed by atoms with Gasteiger partial charge in [0.1, 0.15) is 5.82 Å². The van der Waals surface area contributed by atoms with Crippen molar-refractivity contribution in [1.82, 2.24) is 24.7 Å². The fourth-order valence-corrected chi connectivity index (χ4v) is 1.86. The van der Waals surface area contributed by atoms with E-state index in [-0.39, 0.29) is 0 Å². The number of nitrogens with two attached hydrogens (primary N) is 1. The highest BCUT2D eigenvalue weighted by molar-refractivity contribution is 5.52. The normalized spacial score (nSPS) is 10.6. The zero-order valence-electron chi connectivity index (χ0n) is 11.7. The van der Waals surface area contributed by atoms with Gasteiger partial charge in [0.05, 0.1) is 17.5 Å². The largest absolute Gasteiger partial charge is 0.437 e. The minimum Gasteiger partial charge on any atom is -0.437 e. The van der Waals surface area contributed by atoms with Gasteiger partial charge in [0.25, 0.3) is 0 Å². The average molecular weight is 282 g/mol. The Morgan fingerprint density at radius 3 is 2.76 bits per heavy atom. The molecule has 0 aliphatic rings. The van der Waals surface area contributed by atoms with Crippen LogP contribution in [0.15, 0.2) is 36.8 Å². The highest BCUT2D eigenvalue weighted by Gasteiger charge is 2.08. The Kier molecular flexibility index (Phi) is 3.23. The molecule has 2 N–H and O–H groups in total. The standard InChI is InChI=1S/C14H14N6O/c1-9-11(3-4-12(15)18-9)21-13-5-6-16-14(19-13)10-7-17-20(2)8-10/h3-8H,1-2H3,(H2,15,18). The average Bonchev–Trinajstić information content (AvgIpc) is 2.89. The van der Waals surface area contributed by atoms with Gasteiger partial charge in [-0.25, -0.2) is 9.97 Å². The fourth-order valence-electron chi connectivity index (χ4n) is 1.86. The molecule has 0 bridgehead atoms. The van der Waals surface area contributed by atoms with E-state index in [9.17, 15) is 0 Å². The third-order valence-electron chi connectivity index (χ3n) is 2.87. The first kappa shape index (κ1) is 13.0. The Balaban J connectivity index is 1.89. The van der Waals surface area contributed by atoms with Gasteiger partial charge < -0.3 is 10.5 Å². The van der Waals surface area contributed by atoms with Crippen molar-refractivity contribution in [2.45, 2.75) is 6.92 Å². The molecule has 7 nitrogen and oxygen atoms in total. The molecule has 0 radical (unpaired) electrons. The topological polar surface area (TPSA) is 91.7 Å². The summed E-state index contributed by atoms with van der Waals surface area (Å²) in [6.07, 6.45) is 5.19. The molecule has 3 aromatic rings. The van der Waals surface area contributed by atoms with Gasteiger partial charge in [-0.3, -0.25) is 4.68 Å². The lowest BCUT2D eigenvalue weighted by atomic mass is 10.3. The molecule has 0 unspecified atom stereocenters. The summed E-state index contributed by atoms with van der Waals surface area (Å²) in [6, 6.07) is 5.14. The number of rotatable bonds is 3. The maximum atomic E-state index is 5.74. The molecule has 3 rings (SSSR count). The number of ether oxygens (including phenoxy) is 1. The summed E-state index contributed by atoms with van der Waals surface area (Å²) < 4.78 is 7.43. The summed E-state index contributed by atoms with van der Waals surface area (Å²) in [5.74, 6) is 2.07. The van der Waals surface area contributed by atoms with Crippen molar-refractivity contribution in [2.24, 2.45) is 7.05 Å². The van der Waals surface area contributed by atoms with Crippen molar-refractivity contribution in [2.75, 3.05) is 5.73 Å². The van der Waals surface area contributed by atoms with Crippen LogP contribution in [-0.4, -0.2) is 24.7 Å². The molecule has 3 heterocycles. The van der Waals surface area contributed by atoms with Gasteiger partial charge in [0, 0.05) is 25.5 Å². The molecule has 0 atom stereocenters. The molecule has 0 aliphatic heterocycles. The van der Waals surface area contributed by atoms with Crippen molar-refractivity contribution in [3.63, 3.8) is 0 Å². The van der Waals surface area contributed by atoms with Crippen molar-refractivity contribution in [3.05, 3.63) is 42.5 Å². The summed E-state index contributed by atoms with van der Waals surface area (Å²) >= 11 is 0. The molecular formula is C14H14N6O. The molecule has 0 amide bonds. The number of pyridine rings is 1. The second-order valence-electron chi connectivity index (χ2n) is 4.54. The Morgan fingerprint density at radius 1 is 1.19 bits per heavy atom. The summed E-state index contributed by atoms with van der Waals surface area (Å²) in [5.41, 5.74) is 7.16. The van der Waals surface area contributed by atoms with Crippen molar-refractivity contribution in [1.29, 1.82) is 0 Å². The number of nitrogens with zero attached hydrogens (tertiary/aromatic N) is 5. The van der Waals surface area contributed by atoms with Crippen LogP contribution in [0.2, 0.25) is 0 Å². The first-order valence-electron chi connectivity index (χ1n) is 6.35. The molecular weight excluding hydrogens is 268 g/mol. The van der Waals surface area contributed by atoms with Crippen molar-refractivity contribution >= 4 is 5.82 Å². The number of hydrogen-bond acceptors (Lipinski definition) is 6. The minimum absolute atomic E-state index is 0.443. The van der Waals surface area contributed by atoms with Crippen LogP contribution in [0.3, 0.4) is 0 Å². The third kappa shape index (κ3) is 2.81. The monoisotopic (exact) mass is 282 g/mol. The van der Waals surface area contributed by atoms with Gasteiger partial charge >= 0.3 is 0 Å². The lowest BCUT2D eigenvalue weighted by Crippen LogP contribution is -1.97.